The molecule has 0 atom stereocenters. The first-order chi connectivity index (χ1) is 16.6. The Bertz CT molecular complexity index is 1420. The van der Waals surface area contributed by atoms with E-state index in [9.17, 15) is 14.0 Å². The molecule has 2 heterocycles. The molecule has 0 fully saturated rings. The Morgan fingerprint density at radius 3 is 2.62 bits per heavy atom. The van der Waals surface area contributed by atoms with Crippen LogP contribution in [-0.2, 0) is 24.3 Å². The summed E-state index contributed by atoms with van der Waals surface area (Å²) in [6, 6.07) is 18.9. The number of fused-ring (bicyclic) bond motifs is 2. The zero-order chi connectivity index (χ0) is 23.5. The second-order valence-electron chi connectivity index (χ2n) is 8.03. The van der Waals surface area contributed by atoms with Crippen molar-refractivity contribution in [2.75, 3.05) is 6.79 Å². The van der Waals surface area contributed by atoms with Crippen LogP contribution in [0, 0.1) is 5.82 Å². The third-order valence-electron chi connectivity index (χ3n) is 5.69. The summed E-state index contributed by atoms with van der Waals surface area (Å²) >= 11 is 0. The molecule has 1 amide bonds. The number of aromatic nitrogens is 2. The first-order valence-corrected chi connectivity index (χ1v) is 10.9. The fourth-order valence-corrected chi connectivity index (χ4v) is 3.91. The highest BCUT2D eigenvalue weighted by atomic mass is 19.1. The summed E-state index contributed by atoms with van der Waals surface area (Å²) in [5.41, 5.74) is 3.11. The smallest absolute Gasteiger partial charge is 0.273 e. The fourth-order valence-electron chi connectivity index (χ4n) is 3.91. The van der Waals surface area contributed by atoms with Gasteiger partial charge < -0.3 is 19.4 Å². The Morgan fingerprint density at radius 2 is 1.76 bits per heavy atom. The van der Waals surface area contributed by atoms with E-state index in [0.717, 1.165) is 11.1 Å². The normalized spacial score (nSPS) is 12.1. The van der Waals surface area contributed by atoms with E-state index in [4.69, 9.17) is 9.47 Å². The molecule has 0 bridgehead atoms. The van der Waals surface area contributed by atoms with Gasteiger partial charge in [-0.05, 0) is 47.5 Å². The highest BCUT2D eigenvalue weighted by Crippen LogP contribution is 2.32. The van der Waals surface area contributed by atoms with Crippen LogP contribution in [0.3, 0.4) is 0 Å². The van der Waals surface area contributed by atoms with Crippen LogP contribution in [-0.4, -0.2) is 22.3 Å². The predicted octanol–water partition coefficient (Wildman–Crippen LogP) is 3.56. The molecule has 8 heteroatoms. The molecule has 0 saturated heterocycles. The number of carbonyl (C=O) groups is 1. The van der Waals surface area contributed by atoms with E-state index in [1.54, 1.807) is 16.7 Å². The molecule has 1 N–H and O–H groups in total. The Morgan fingerprint density at radius 1 is 1.00 bits per heavy atom. The molecule has 172 valence electrons. The minimum atomic E-state index is -0.330. The third kappa shape index (κ3) is 4.61. The summed E-state index contributed by atoms with van der Waals surface area (Å²) in [7, 11) is 0. The minimum Gasteiger partial charge on any atom is -0.454 e. The lowest BCUT2D eigenvalue weighted by Gasteiger charge is -2.13. The van der Waals surface area contributed by atoms with E-state index < -0.39 is 0 Å². The van der Waals surface area contributed by atoms with Crippen LogP contribution in [0.4, 0.5) is 4.39 Å². The first-order valence-electron chi connectivity index (χ1n) is 10.9. The van der Waals surface area contributed by atoms with Crippen LogP contribution in [0.15, 0.2) is 71.5 Å². The lowest BCUT2D eigenvalue weighted by atomic mass is 10.1. The van der Waals surface area contributed by atoms with Crippen molar-refractivity contribution in [2.45, 2.75) is 25.9 Å². The predicted molar refractivity (Wildman–Crippen MR) is 124 cm³/mol. The molecular weight excluding hydrogens is 437 g/mol. The summed E-state index contributed by atoms with van der Waals surface area (Å²) in [4.78, 5) is 30.2. The van der Waals surface area contributed by atoms with Crippen LogP contribution in [0.2, 0.25) is 0 Å². The lowest BCUT2D eigenvalue weighted by Crippen LogP contribution is -2.28. The number of carbonyl (C=O) groups excluding carboxylic acids is 1. The van der Waals surface area contributed by atoms with Gasteiger partial charge in [0.05, 0.1) is 17.6 Å². The van der Waals surface area contributed by atoms with Gasteiger partial charge >= 0.3 is 0 Å². The molecule has 0 aliphatic carbocycles. The van der Waals surface area contributed by atoms with Crippen LogP contribution in [0.25, 0.3) is 11.0 Å². The molecule has 0 radical (unpaired) electrons. The Balaban J connectivity index is 1.30. The van der Waals surface area contributed by atoms with Crippen molar-refractivity contribution in [1.29, 1.82) is 0 Å². The number of nitrogens with zero attached hydrogens (tertiary/aromatic N) is 2. The number of benzene rings is 3. The maximum atomic E-state index is 13.3. The van der Waals surface area contributed by atoms with Gasteiger partial charge in [-0.15, -0.1) is 0 Å². The van der Waals surface area contributed by atoms with Crippen molar-refractivity contribution >= 4 is 16.9 Å². The number of halogens is 1. The molecule has 3 aromatic carbocycles. The van der Waals surface area contributed by atoms with Gasteiger partial charge in [-0.25, -0.2) is 9.37 Å². The van der Waals surface area contributed by atoms with E-state index in [-0.39, 0.29) is 43.5 Å². The Hall–Kier alpha value is -4.20. The summed E-state index contributed by atoms with van der Waals surface area (Å²) in [6.45, 7) is 0.823. The number of aryl methyl sites for hydroxylation is 1. The number of hydrogen-bond acceptors (Lipinski definition) is 5. The van der Waals surface area contributed by atoms with Crippen molar-refractivity contribution in [1.82, 2.24) is 14.9 Å². The molecule has 0 unspecified atom stereocenters. The van der Waals surface area contributed by atoms with Gasteiger partial charge in [0.2, 0.25) is 12.7 Å². The first kappa shape index (κ1) is 21.6. The van der Waals surface area contributed by atoms with Crippen LogP contribution < -0.4 is 20.3 Å². The molecule has 1 aliphatic heterocycles. The van der Waals surface area contributed by atoms with Gasteiger partial charge in [0.25, 0.3) is 5.56 Å². The van der Waals surface area contributed by atoms with Crippen LogP contribution in [0.1, 0.15) is 23.2 Å². The second-order valence-corrected chi connectivity index (χ2v) is 8.03. The highest BCUT2D eigenvalue weighted by Gasteiger charge is 2.15. The van der Waals surface area contributed by atoms with Gasteiger partial charge in [0, 0.05) is 19.4 Å². The van der Waals surface area contributed by atoms with Gasteiger partial charge in [0.15, 0.2) is 11.5 Å². The summed E-state index contributed by atoms with van der Waals surface area (Å²) < 4.78 is 25.6. The van der Waals surface area contributed by atoms with E-state index >= 15 is 0 Å². The molecule has 0 spiro atoms. The molecule has 1 aliphatic rings. The van der Waals surface area contributed by atoms with Crippen molar-refractivity contribution in [2.24, 2.45) is 0 Å². The van der Waals surface area contributed by atoms with E-state index in [2.05, 4.69) is 10.3 Å². The van der Waals surface area contributed by atoms with Gasteiger partial charge in [-0.3, -0.25) is 9.59 Å². The van der Waals surface area contributed by atoms with Crippen molar-refractivity contribution in [3.63, 3.8) is 0 Å². The maximum absolute atomic E-state index is 13.3. The van der Waals surface area contributed by atoms with Crippen LogP contribution in [0.5, 0.6) is 11.5 Å². The molecule has 0 saturated carbocycles. The zero-order valence-electron chi connectivity index (χ0n) is 18.3. The number of para-hydroxylation sites is 2. The second kappa shape index (κ2) is 9.35. The Kier molecular flexibility index (Phi) is 5.95. The monoisotopic (exact) mass is 459 g/mol. The molecule has 1 aromatic heterocycles. The molecular formula is C26H22FN3O4. The third-order valence-corrected chi connectivity index (χ3v) is 5.69. The van der Waals surface area contributed by atoms with Gasteiger partial charge in [0.1, 0.15) is 11.5 Å². The van der Waals surface area contributed by atoms with E-state index in [1.165, 1.54) is 12.1 Å². The van der Waals surface area contributed by atoms with Crippen molar-refractivity contribution in [3.8, 4) is 11.5 Å². The number of amides is 1. The molecule has 4 aromatic rings. The van der Waals surface area contributed by atoms with Crippen LogP contribution >= 0.6 is 0 Å². The Labute approximate surface area is 194 Å². The quantitative estimate of drug-likeness (QED) is 0.457. The van der Waals surface area contributed by atoms with Crippen molar-refractivity contribution in [3.05, 3.63) is 99.7 Å². The fraction of sp³-hybridized carbons (Fsp3) is 0.192. The van der Waals surface area contributed by atoms with E-state index in [0.29, 0.717) is 34.8 Å². The summed E-state index contributed by atoms with van der Waals surface area (Å²) in [5, 5.41) is 2.87. The average molecular weight is 459 g/mol. The largest absolute Gasteiger partial charge is 0.454 e. The van der Waals surface area contributed by atoms with Gasteiger partial charge in [-0.1, -0.05) is 30.3 Å². The number of rotatable bonds is 7. The lowest BCUT2D eigenvalue weighted by molar-refractivity contribution is -0.121. The average Bonchev–Trinajstić information content (AvgIpc) is 3.32. The molecule has 7 nitrogen and oxygen atoms in total. The zero-order valence-corrected chi connectivity index (χ0v) is 18.3. The molecule has 34 heavy (non-hydrogen) atoms. The summed E-state index contributed by atoms with van der Waals surface area (Å²) in [5.74, 6) is 0.837. The molecule has 5 rings (SSSR count). The summed E-state index contributed by atoms with van der Waals surface area (Å²) in [6.07, 6.45) is 0.335. The van der Waals surface area contributed by atoms with E-state index in [1.807, 2.05) is 42.5 Å². The highest BCUT2D eigenvalue weighted by molar-refractivity contribution is 5.77. The number of nitrogens with one attached hydrogen (secondary N) is 1. The van der Waals surface area contributed by atoms with Gasteiger partial charge in [-0.2, -0.15) is 0 Å². The van der Waals surface area contributed by atoms with Crippen molar-refractivity contribution < 1.29 is 18.7 Å². The topological polar surface area (TPSA) is 82.5 Å². The number of hydrogen-bond donors (Lipinski definition) is 1. The SMILES string of the molecule is O=C(CCc1nc2ccccc2n(Cc2ccc(F)cc2)c1=O)NCc1ccc2c(c1)OCO2. The number of ether oxygens (including phenoxy) is 2. The standard InChI is InChI=1S/C26H22FN3O4/c27-19-8-5-17(6-9-19)15-30-22-4-2-1-3-20(22)29-21(26(30)32)10-12-25(31)28-14-18-7-11-23-24(13-18)34-16-33-23/h1-9,11,13H,10,12,14-16H2,(H,28,31). The minimum absolute atomic E-state index is 0.127. The maximum Gasteiger partial charge on any atom is 0.273 e.